The third-order valence-corrected chi connectivity index (χ3v) is 2.68. The van der Waals surface area contributed by atoms with Crippen LogP contribution in [0.3, 0.4) is 0 Å². The molecule has 0 atom stereocenters. The molecule has 1 heterocycles. The third-order valence-electron chi connectivity index (χ3n) is 2.68. The van der Waals surface area contributed by atoms with E-state index in [2.05, 4.69) is 29.5 Å². The molecule has 0 saturated carbocycles. The van der Waals surface area contributed by atoms with Crippen molar-refractivity contribution >= 4 is 16.7 Å². The highest BCUT2D eigenvalue weighted by molar-refractivity contribution is 5.87. The molecule has 15 heavy (non-hydrogen) atoms. The summed E-state index contributed by atoms with van der Waals surface area (Å²) in [7, 11) is 0. The molecule has 3 nitrogen and oxygen atoms in total. The second-order valence-electron chi connectivity index (χ2n) is 3.74. The number of hydrogen-bond donors (Lipinski definition) is 1. The number of benzene rings is 1. The van der Waals surface area contributed by atoms with Gasteiger partial charge in [0.05, 0.1) is 11.2 Å². The van der Waals surface area contributed by atoms with Crippen molar-refractivity contribution in [3.8, 4) is 0 Å². The number of aryl methyl sites for hydroxylation is 2. The Kier molecular flexibility index (Phi) is 2.62. The normalized spacial score (nSPS) is 11.1. The molecular weight excluding hydrogens is 186 g/mol. The molecule has 0 spiro atoms. The molecule has 2 rings (SSSR count). The first-order valence-corrected chi connectivity index (χ1v) is 5.51. The van der Waals surface area contributed by atoms with Crippen LogP contribution in [0, 0.1) is 0 Å². The van der Waals surface area contributed by atoms with E-state index in [4.69, 9.17) is 5.73 Å². The standard InChI is InChI=1S/C12H17N3/c1-3-6-11-14-12-9(13)7-5-8-10(12)15(11)4-2/h5,7-8H,3-4,6,13H2,1-2H3. The van der Waals surface area contributed by atoms with Crippen LogP contribution in [-0.2, 0) is 13.0 Å². The van der Waals surface area contributed by atoms with E-state index in [9.17, 15) is 0 Å². The van der Waals surface area contributed by atoms with Crippen LogP contribution >= 0.6 is 0 Å². The smallest absolute Gasteiger partial charge is 0.112 e. The molecule has 0 fully saturated rings. The third kappa shape index (κ3) is 1.58. The van der Waals surface area contributed by atoms with E-state index in [1.54, 1.807) is 0 Å². The number of nitrogens with zero attached hydrogens (tertiary/aromatic N) is 2. The number of imidazole rings is 1. The number of nitrogens with two attached hydrogens (primary N) is 1. The van der Waals surface area contributed by atoms with Crippen LogP contribution in [0.1, 0.15) is 26.1 Å². The molecule has 0 aliphatic carbocycles. The van der Waals surface area contributed by atoms with Crippen LogP contribution in [0.25, 0.3) is 11.0 Å². The minimum absolute atomic E-state index is 0.775. The summed E-state index contributed by atoms with van der Waals surface area (Å²) < 4.78 is 2.25. The van der Waals surface area contributed by atoms with Crippen molar-refractivity contribution in [3.63, 3.8) is 0 Å². The maximum atomic E-state index is 5.91. The first kappa shape index (κ1) is 10.0. The lowest BCUT2D eigenvalue weighted by molar-refractivity contribution is 0.700. The first-order valence-electron chi connectivity index (χ1n) is 5.51. The predicted molar refractivity (Wildman–Crippen MR) is 63.8 cm³/mol. The lowest BCUT2D eigenvalue weighted by Gasteiger charge is -2.04. The van der Waals surface area contributed by atoms with Gasteiger partial charge in [-0.25, -0.2) is 4.98 Å². The van der Waals surface area contributed by atoms with Gasteiger partial charge in [0.25, 0.3) is 0 Å². The second kappa shape index (κ2) is 3.93. The number of aromatic nitrogens is 2. The summed E-state index contributed by atoms with van der Waals surface area (Å²) in [6.45, 7) is 5.27. The van der Waals surface area contributed by atoms with Gasteiger partial charge in [-0.05, 0) is 25.5 Å². The topological polar surface area (TPSA) is 43.8 Å². The van der Waals surface area contributed by atoms with Crippen molar-refractivity contribution in [3.05, 3.63) is 24.0 Å². The van der Waals surface area contributed by atoms with Gasteiger partial charge in [0.1, 0.15) is 11.3 Å². The highest BCUT2D eigenvalue weighted by Crippen LogP contribution is 2.22. The van der Waals surface area contributed by atoms with Crippen molar-refractivity contribution < 1.29 is 0 Å². The highest BCUT2D eigenvalue weighted by atomic mass is 15.1. The van der Waals surface area contributed by atoms with Gasteiger partial charge in [0.15, 0.2) is 0 Å². The van der Waals surface area contributed by atoms with Gasteiger partial charge in [0.2, 0.25) is 0 Å². The van der Waals surface area contributed by atoms with Crippen molar-refractivity contribution in [2.75, 3.05) is 5.73 Å². The fraction of sp³-hybridized carbons (Fsp3) is 0.417. The number of anilines is 1. The molecule has 2 N–H and O–H groups in total. The van der Waals surface area contributed by atoms with Crippen molar-refractivity contribution in [2.24, 2.45) is 0 Å². The molecule has 80 valence electrons. The van der Waals surface area contributed by atoms with Gasteiger partial charge in [-0.1, -0.05) is 13.0 Å². The van der Waals surface area contributed by atoms with Crippen LogP contribution in [0.15, 0.2) is 18.2 Å². The van der Waals surface area contributed by atoms with E-state index < -0.39 is 0 Å². The summed E-state index contributed by atoms with van der Waals surface area (Å²) in [5.41, 5.74) is 8.79. The second-order valence-corrected chi connectivity index (χ2v) is 3.74. The lowest BCUT2D eigenvalue weighted by atomic mass is 10.3. The minimum Gasteiger partial charge on any atom is -0.397 e. The van der Waals surface area contributed by atoms with E-state index in [0.717, 1.165) is 41.9 Å². The molecule has 0 amide bonds. The fourth-order valence-corrected chi connectivity index (χ4v) is 1.98. The average Bonchev–Trinajstić information content (AvgIpc) is 2.58. The van der Waals surface area contributed by atoms with Crippen LogP contribution < -0.4 is 5.73 Å². The molecule has 0 aliphatic heterocycles. The van der Waals surface area contributed by atoms with E-state index in [-0.39, 0.29) is 0 Å². The summed E-state index contributed by atoms with van der Waals surface area (Å²) in [5.74, 6) is 1.15. The van der Waals surface area contributed by atoms with Gasteiger partial charge in [-0.15, -0.1) is 0 Å². The summed E-state index contributed by atoms with van der Waals surface area (Å²) in [5, 5.41) is 0. The zero-order valence-corrected chi connectivity index (χ0v) is 9.33. The predicted octanol–water partition coefficient (Wildman–Crippen LogP) is 2.59. The summed E-state index contributed by atoms with van der Waals surface area (Å²) in [4.78, 5) is 4.61. The molecule has 0 unspecified atom stereocenters. The monoisotopic (exact) mass is 203 g/mol. The van der Waals surface area contributed by atoms with Crippen molar-refractivity contribution in [1.29, 1.82) is 0 Å². The van der Waals surface area contributed by atoms with Crippen molar-refractivity contribution in [2.45, 2.75) is 33.2 Å². The average molecular weight is 203 g/mol. The van der Waals surface area contributed by atoms with E-state index in [0.29, 0.717) is 0 Å². The number of rotatable bonds is 3. The summed E-state index contributed by atoms with van der Waals surface area (Å²) >= 11 is 0. The Balaban J connectivity index is 2.67. The molecule has 2 aromatic rings. The molecule has 1 aromatic heterocycles. The van der Waals surface area contributed by atoms with Gasteiger partial charge >= 0.3 is 0 Å². The van der Waals surface area contributed by atoms with Gasteiger partial charge in [-0.3, -0.25) is 0 Å². The Morgan fingerprint density at radius 2 is 2.13 bits per heavy atom. The Labute approximate surface area is 89.9 Å². The van der Waals surface area contributed by atoms with Gasteiger partial charge in [-0.2, -0.15) is 0 Å². The fourth-order valence-electron chi connectivity index (χ4n) is 1.98. The quantitative estimate of drug-likeness (QED) is 0.779. The minimum atomic E-state index is 0.775. The molecule has 0 radical (unpaired) electrons. The Hall–Kier alpha value is -1.51. The molecule has 0 bridgehead atoms. The Bertz CT molecular complexity index is 471. The van der Waals surface area contributed by atoms with Crippen LogP contribution in [0.5, 0.6) is 0 Å². The Morgan fingerprint density at radius 3 is 2.80 bits per heavy atom. The highest BCUT2D eigenvalue weighted by Gasteiger charge is 2.09. The van der Waals surface area contributed by atoms with E-state index in [1.165, 1.54) is 0 Å². The zero-order chi connectivity index (χ0) is 10.8. The maximum absolute atomic E-state index is 5.91. The molecule has 0 aliphatic rings. The van der Waals surface area contributed by atoms with Crippen LogP contribution in [0.4, 0.5) is 5.69 Å². The summed E-state index contributed by atoms with van der Waals surface area (Å²) in [6, 6.07) is 5.98. The van der Waals surface area contributed by atoms with E-state index in [1.807, 2.05) is 12.1 Å². The number of hydrogen-bond acceptors (Lipinski definition) is 2. The molecule has 3 heteroatoms. The van der Waals surface area contributed by atoms with Crippen LogP contribution in [0.2, 0.25) is 0 Å². The van der Waals surface area contributed by atoms with Crippen molar-refractivity contribution in [1.82, 2.24) is 9.55 Å². The number of para-hydroxylation sites is 1. The SMILES string of the molecule is CCCc1nc2c(N)cccc2n1CC. The molecule has 1 aromatic carbocycles. The van der Waals surface area contributed by atoms with Crippen LogP contribution in [-0.4, -0.2) is 9.55 Å². The van der Waals surface area contributed by atoms with E-state index >= 15 is 0 Å². The zero-order valence-electron chi connectivity index (χ0n) is 9.33. The number of fused-ring (bicyclic) bond motifs is 1. The Morgan fingerprint density at radius 1 is 1.33 bits per heavy atom. The first-order chi connectivity index (χ1) is 7.27. The number of nitrogen functional groups attached to an aromatic ring is 1. The maximum Gasteiger partial charge on any atom is 0.112 e. The van der Waals surface area contributed by atoms with Gasteiger partial charge in [0, 0.05) is 13.0 Å². The largest absolute Gasteiger partial charge is 0.397 e. The molecule has 0 saturated heterocycles. The lowest BCUT2D eigenvalue weighted by Crippen LogP contribution is -2.00. The molecular formula is C12H17N3. The van der Waals surface area contributed by atoms with Gasteiger partial charge < -0.3 is 10.3 Å². The summed E-state index contributed by atoms with van der Waals surface area (Å²) in [6.07, 6.45) is 2.13.